The van der Waals surface area contributed by atoms with Crippen molar-refractivity contribution in [1.29, 1.82) is 0 Å². The van der Waals surface area contributed by atoms with Crippen LogP contribution in [-0.4, -0.2) is 67.0 Å². The summed E-state index contributed by atoms with van der Waals surface area (Å²) in [6, 6.07) is 1.45. The molecule has 0 bridgehead atoms. The molecule has 2 saturated heterocycles. The van der Waals surface area contributed by atoms with Gasteiger partial charge in [0.2, 0.25) is 11.9 Å². The van der Waals surface area contributed by atoms with Crippen molar-refractivity contribution in [3.05, 3.63) is 29.3 Å². The summed E-state index contributed by atoms with van der Waals surface area (Å²) in [5.41, 5.74) is -2.56. The van der Waals surface area contributed by atoms with Gasteiger partial charge in [-0.15, -0.1) is 4.99 Å². The maximum Gasteiger partial charge on any atom is 0.437 e. The van der Waals surface area contributed by atoms with Gasteiger partial charge in [0, 0.05) is 25.8 Å². The third-order valence-corrected chi connectivity index (χ3v) is 5.38. The Morgan fingerprint density at radius 3 is 2.69 bits per heavy atom. The lowest BCUT2D eigenvalue weighted by Crippen LogP contribution is -2.69. The molecule has 1 aromatic carbocycles. The number of phenolic OH excluding ortho intramolecular Hbond substituents is 1. The summed E-state index contributed by atoms with van der Waals surface area (Å²) in [5, 5.41) is 12.9. The van der Waals surface area contributed by atoms with E-state index in [1.54, 1.807) is 20.8 Å². The van der Waals surface area contributed by atoms with Crippen molar-refractivity contribution >= 4 is 18.0 Å². The second-order valence-electron chi connectivity index (χ2n) is 8.87. The molecule has 176 valence electrons. The highest BCUT2D eigenvalue weighted by atomic mass is 19.1. The van der Waals surface area contributed by atoms with E-state index < -0.39 is 52.5 Å². The van der Waals surface area contributed by atoms with Crippen LogP contribution in [0.5, 0.6) is 5.75 Å². The summed E-state index contributed by atoms with van der Waals surface area (Å²) in [5.74, 6) is -4.43. The largest absolute Gasteiger partial charge is 0.505 e. The van der Waals surface area contributed by atoms with E-state index in [-0.39, 0.29) is 31.2 Å². The normalized spacial score (nSPS) is 27.2. The number of nitrogens with one attached hydrogen (secondary N) is 1. The average Bonchev–Trinajstić information content (AvgIpc) is 2.68. The molecule has 3 rings (SSSR count). The molecule has 0 radical (unpaired) electrons. The molecule has 11 heteroatoms. The van der Waals surface area contributed by atoms with E-state index in [2.05, 4.69) is 10.3 Å². The molecule has 9 nitrogen and oxygen atoms in total. The second-order valence-corrected chi connectivity index (χ2v) is 8.87. The van der Waals surface area contributed by atoms with Gasteiger partial charge in [0.25, 0.3) is 0 Å². The zero-order valence-electron chi connectivity index (χ0n) is 18.6. The highest BCUT2D eigenvalue weighted by molar-refractivity contribution is 6.04. The summed E-state index contributed by atoms with van der Waals surface area (Å²) >= 11 is 0. The average molecular weight is 455 g/mol. The summed E-state index contributed by atoms with van der Waals surface area (Å²) in [4.78, 5) is 30.6. The number of amides is 2. The number of benzene rings is 1. The molecule has 2 N–H and O–H groups in total. The highest BCUT2D eigenvalue weighted by Gasteiger charge is 2.56. The minimum atomic E-state index is -1.55. The van der Waals surface area contributed by atoms with E-state index in [0.717, 1.165) is 11.0 Å². The fraction of sp³-hybridized carbons (Fsp3) is 0.571. The van der Waals surface area contributed by atoms with Gasteiger partial charge in [-0.05, 0) is 33.3 Å². The molecule has 0 unspecified atom stereocenters. The number of phenols is 1. The lowest BCUT2D eigenvalue weighted by molar-refractivity contribution is -0.152. The molecular formula is C21H27F2N3O6. The standard InChI is InChI=1S/C21H27F2N3O6/c1-20(2,3)32-19(29)24-18-25-21(12-7-16(27)15(23)8-14(12)22)10-31-11(9-30-5)6-13(21)17(28)26(18)4/h7-8,11,13,27H,6,9-10H2,1-5H3,(H,24,25,29)/t11-,13+,21-/m1/s1. The molecule has 0 saturated carbocycles. The van der Waals surface area contributed by atoms with E-state index in [0.29, 0.717) is 6.07 Å². The van der Waals surface area contributed by atoms with Crippen LogP contribution in [0.1, 0.15) is 32.8 Å². The molecule has 1 aromatic rings. The fourth-order valence-electron chi connectivity index (χ4n) is 3.93. The van der Waals surface area contributed by atoms with Gasteiger partial charge >= 0.3 is 6.09 Å². The molecule has 2 amide bonds. The quantitative estimate of drug-likeness (QED) is 0.720. The van der Waals surface area contributed by atoms with E-state index in [4.69, 9.17) is 14.2 Å². The minimum Gasteiger partial charge on any atom is -0.505 e. The number of rotatable bonds is 3. The first kappa shape index (κ1) is 23.9. The van der Waals surface area contributed by atoms with Crippen molar-refractivity contribution < 1.29 is 37.7 Å². The number of nitrogens with zero attached hydrogens (tertiary/aromatic N) is 2. The zero-order chi connectivity index (χ0) is 23.8. The molecule has 3 atom stereocenters. The van der Waals surface area contributed by atoms with E-state index in [1.807, 2.05) is 0 Å². The van der Waals surface area contributed by atoms with Crippen molar-refractivity contribution in [3.63, 3.8) is 0 Å². The van der Waals surface area contributed by atoms with Crippen LogP contribution in [0.15, 0.2) is 17.1 Å². The molecule has 2 heterocycles. The predicted molar refractivity (Wildman–Crippen MR) is 109 cm³/mol. The van der Waals surface area contributed by atoms with Crippen LogP contribution >= 0.6 is 0 Å². The van der Waals surface area contributed by atoms with Gasteiger partial charge in [-0.1, -0.05) is 0 Å². The van der Waals surface area contributed by atoms with E-state index >= 15 is 0 Å². The van der Waals surface area contributed by atoms with Gasteiger partial charge in [-0.2, -0.15) is 0 Å². The Morgan fingerprint density at radius 1 is 1.38 bits per heavy atom. The van der Waals surface area contributed by atoms with Crippen LogP contribution in [-0.2, 0) is 24.5 Å². The molecule has 2 fully saturated rings. The third kappa shape index (κ3) is 4.53. The molecule has 0 aliphatic carbocycles. The van der Waals surface area contributed by atoms with Crippen molar-refractivity contribution in [2.24, 2.45) is 10.9 Å². The number of halogens is 2. The number of carbonyl (C=O) groups excluding carboxylic acids is 2. The SMILES string of the molecule is COC[C@H]1C[C@H]2C(=O)N(C)/C(=N/C(=O)OC(C)(C)C)N[C@@]2(c2cc(O)c(F)cc2F)CO1. The molecule has 0 aromatic heterocycles. The Morgan fingerprint density at radius 2 is 2.06 bits per heavy atom. The Kier molecular flexibility index (Phi) is 6.43. The first-order valence-electron chi connectivity index (χ1n) is 10.0. The number of hydrogen-bond acceptors (Lipinski definition) is 6. The second kappa shape index (κ2) is 8.62. The van der Waals surface area contributed by atoms with Crippen molar-refractivity contribution in [3.8, 4) is 5.75 Å². The maximum atomic E-state index is 14.9. The van der Waals surface area contributed by atoms with E-state index in [9.17, 15) is 23.5 Å². The first-order valence-corrected chi connectivity index (χ1v) is 10.0. The van der Waals surface area contributed by atoms with Gasteiger partial charge < -0.3 is 24.6 Å². The van der Waals surface area contributed by atoms with Gasteiger partial charge in [0.05, 0.1) is 25.2 Å². The van der Waals surface area contributed by atoms with Crippen molar-refractivity contribution in [1.82, 2.24) is 10.2 Å². The lowest BCUT2D eigenvalue weighted by Gasteiger charge is -2.51. The van der Waals surface area contributed by atoms with Crippen LogP contribution in [0.4, 0.5) is 13.6 Å². The molecule has 32 heavy (non-hydrogen) atoms. The van der Waals surface area contributed by atoms with Crippen LogP contribution in [0, 0.1) is 17.6 Å². The molecular weight excluding hydrogens is 428 g/mol. The number of fused-ring (bicyclic) bond motifs is 1. The monoisotopic (exact) mass is 455 g/mol. The summed E-state index contributed by atoms with van der Waals surface area (Å²) in [6.07, 6.45) is -1.25. The van der Waals surface area contributed by atoms with Crippen LogP contribution < -0.4 is 5.32 Å². The highest BCUT2D eigenvalue weighted by Crippen LogP contribution is 2.43. The number of aromatic hydroxyl groups is 1. The number of carbonyl (C=O) groups is 2. The number of ether oxygens (including phenoxy) is 3. The summed E-state index contributed by atoms with van der Waals surface area (Å²) < 4.78 is 44.8. The zero-order valence-corrected chi connectivity index (χ0v) is 18.6. The van der Waals surface area contributed by atoms with E-state index in [1.165, 1.54) is 14.2 Å². The summed E-state index contributed by atoms with van der Waals surface area (Å²) in [6.45, 7) is 4.97. The summed E-state index contributed by atoms with van der Waals surface area (Å²) in [7, 11) is 2.91. The number of hydrogen-bond donors (Lipinski definition) is 2. The van der Waals surface area contributed by atoms with Crippen LogP contribution in [0.2, 0.25) is 0 Å². The fourth-order valence-corrected chi connectivity index (χ4v) is 3.93. The smallest absolute Gasteiger partial charge is 0.437 e. The Labute approximate surface area is 184 Å². The number of guanidine groups is 1. The molecule has 2 aliphatic rings. The minimum absolute atomic E-state index is 0.154. The molecule has 2 aliphatic heterocycles. The van der Waals surface area contributed by atoms with Gasteiger partial charge in [0.1, 0.15) is 17.0 Å². The topological polar surface area (TPSA) is 110 Å². The van der Waals surface area contributed by atoms with Crippen molar-refractivity contribution in [2.75, 3.05) is 27.4 Å². The Hall–Kier alpha value is -2.79. The van der Waals surface area contributed by atoms with Crippen molar-refractivity contribution in [2.45, 2.75) is 44.4 Å². The van der Waals surface area contributed by atoms with Crippen LogP contribution in [0.3, 0.4) is 0 Å². The maximum absolute atomic E-state index is 14.9. The lowest BCUT2D eigenvalue weighted by atomic mass is 9.71. The third-order valence-electron chi connectivity index (χ3n) is 5.38. The Balaban J connectivity index is 2.10. The van der Waals surface area contributed by atoms with Gasteiger partial charge in [-0.3, -0.25) is 9.69 Å². The first-order chi connectivity index (χ1) is 14.9. The van der Waals surface area contributed by atoms with Crippen LogP contribution in [0.25, 0.3) is 0 Å². The molecule has 0 spiro atoms. The predicted octanol–water partition coefficient (Wildman–Crippen LogP) is 2.27. The van der Waals surface area contributed by atoms with Gasteiger partial charge in [-0.25, -0.2) is 13.6 Å². The number of methoxy groups -OCH3 is 1. The van der Waals surface area contributed by atoms with Gasteiger partial charge in [0.15, 0.2) is 11.6 Å². The Bertz CT molecular complexity index is 948. The number of aliphatic imine (C=N–C) groups is 1.